The molecule has 4 nitrogen and oxygen atoms in total. The second-order valence-corrected chi connectivity index (χ2v) is 5.66. The molecule has 6 heteroatoms. The highest BCUT2D eigenvalue weighted by Gasteiger charge is 2.23. The lowest BCUT2D eigenvalue weighted by molar-refractivity contribution is 0.445. The van der Waals surface area contributed by atoms with E-state index >= 15 is 0 Å². The molecule has 0 atom stereocenters. The van der Waals surface area contributed by atoms with Crippen LogP contribution in [0.25, 0.3) is 0 Å². The summed E-state index contributed by atoms with van der Waals surface area (Å²) in [6.07, 6.45) is 5.76. The molecule has 0 saturated carbocycles. The van der Waals surface area contributed by atoms with Crippen molar-refractivity contribution in [1.29, 1.82) is 0 Å². The Hall–Kier alpha value is -1.58. The maximum Gasteiger partial charge on any atom is 0.244 e. The summed E-state index contributed by atoms with van der Waals surface area (Å²) >= 11 is 0. The molecule has 0 bridgehead atoms. The number of nitrogens with two attached hydrogens (primary N) is 1. The van der Waals surface area contributed by atoms with E-state index in [0.717, 1.165) is 10.4 Å². The van der Waals surface area contributed by atoms with E-state index in [1.54, 1.807) is 0 Å². The van der Waals surface area contributed by atoms with Gasteiger partial charge >= 0.3 is 0 Å². The predicted molar refractivity (Wildman–Crippen MR) is 68.7 cm³/mol. The molecule has 0 aliphatic carbocycles. The van der Waals surface area contributed by atoms with Crippen LogP contribution in [0, 0.1) is 18.2 Å². The van der Waals surface area contributed by atoms with Crippen LogP contribution in [-0.2, 0) is 10.0 Å². The minimum absolute atomic E-state index is 0.0395. The standard InChI is InChI=1S/C12H15FN2O2S/c1-3-7-15(8-4-2)18(16,17)10-5-6-12(14)11(13)9-10/h1,5-6,9H,4,7-8,14H2,2H3. The number of hydrogen-bond donors (Lipinski definition) is 1. The third-order valence-electron chi connectivity index (χ3n) is 2.35. The summed E-state index contributed by atoms with van der Waals surface area (Å²) in [5, 5.41) is 0. The molecule has 1 aromatic rings. The minimum atomic E-state index is -3.77. The lowest BCUT2D eigenvalue weighted by atomic mass is 10.3. The van der Waals surface area contributed by atoms with Crippen molar-refractivity contribution in [1.82, 2.24) is 4.31 Å². The minimum Gasteiger partial charge on any atom is -0.396 e. The zero-order chi connectivity index (χ0) is 13.8. The summed E-state index contributed by atoms with van der Waals surface area (Å²) in [5.74, 6) is 1.53. The summed E-state index contributed by atoms with van der Waals surface area (Å²) in [6.45, 7) is 2.09. The molecule has 0 aromatic heterocycles. The number of halogens is 1. The number of rotatable bonds is 5. The van der Waals surface area contributed by atoms with Crippen LogP contribution in [0.15, 0.2) is 23.1 Å². The van der Waals surface area contributed by atoms with E-state index in [-0.39, 0.29) is 17.1 Å². The Morgan fingerprint density at radius 2 is 2.17 bits per heavy atom. The van der Waals surface area contributed by atoms with Crippen LogP contribution in [0.3, 0.4) is 0 Å². The van der Waals surface area contributed by atoms with Crippen molar-refractivity contribution in [2.45, 2.75) is 18.2 Å². The van der Waals surface area contributed by atoms with Crippen LogP contribution in [-0.4, -0.2) is 25.8 Å². The number of sulfonamides is 1. The number of terminal acetylenes is 1. The van der Waals surface area contributed by atoms with Gasteiger partial charge in [0.2, 0.25) is 10.0 Å². The molecule has 1 aromatic carbocycles. The highest BCUT2D eigenvalue weighted by molar-refractivity contribution is 7.89. The summed E-state index contributed by atoms with van der Waals surface area (Å²) < 4.78 is 38.8. The zero-order valence-electron chi connectivity index (χ0n) is 10.1. The molecule has 0 amide bonds. The first-order chi connectivity index (χ1) is 8.43. The fourth-order valence-corrected chi connectivity index (χ4v) is 2.91. The zero-order valence-corrected chi connectivity index (χ0v) is 10.9. The summed E-state index contributed by atoms with van der Waals surface area (Å²) in [5.41, 5.74) is 5.22. The van der Waals surface area contributed by atoms with Crippen molar-refractivity contribution in [2.24, 2.45) is 0 Å². The van der Waals surface area contributed by atoms with Crippen LogP contribution in [0.4, 0.5) is 10.1 Å². The maximum absolute atomic E-state index is 13.3. The van der Waals surface area contributed by atoms with Crippen LogP contribution in [0.5, 0.6) is 0 Å². The molecule has 98 valence electrons. The first-order valence-electron chi connectivity index (χ1n) is 5.42. The maximum atomic E-state index is 13.3. The molecular formula is C12H15FN2O2S. The van der Waals surface area contributed by atoms with E-state index in [1.807, 2.05) is 6.92 Å². The Morgan fingerprint density at radius 1 is 1.50 bits per heavy atom. The predicted octanol–water partition coefficient (Wildman–Crippen LogP) is 1.44. The average molecular weight is 270 g/mol. The molecular weight excluding hydrogens is 255 g/mol. The Balaban J connectivity index is 3.18. The third kappa shape index (κ3) is 3.00. The van der Waals surface area contributed by atoms with Gasteiger partial charge in [0.25, 0.3) is 0 Å². The molecule has 0 fully saturated rings. The molecule has 2 N–H and O–H groups in total. The van der Waals surface area contributed by atoms with Crippen LogP contribution in [0.1, 0.15) is 13.3 Å². The second kappa shape index (κ2) is 5.85. The van der Waals surface area contributed by atoms with Gasteiger partial charge in [0.15, 0.2) is 0 Å². The molecule has 0 saturated heterocycles. The van der Waals surface area contributed by atoms with E-state index in [9.17, 15) is 12.8 Å². The number of benzene rings is 1. The Kier molecular flexibility index (Phi) is 4.70. The molecule has 0 unspecified atom stereocenters. The van der Waals surface area contributed by atoms with E-state index in [0.29, 0.717) is 13.0 Å². The van der Waals surface area contributed by atoms with E-state index in [2.05, 4.69) is 5.92 Å². The van der Waals surface area contributed by atoms with Crippen molar-refractivity contribution >= 4 is 15.7 Å². The molecule has 1 rings (SSSR count). The van der Waals surface area contributed by atoms with E-state index in [4.69, 9.17) is 12.2 Å². The van der Waals surface area contributed by atoms with Crippen LogP contribution < -0.4 is 5.73 Å². The average Bonchev–Trinajstić information content (AvgIpc) is 2.32. The van der Waals surface area contributed by atoms with Gasteiger partial charge in [-0.05, 0) is 24.6 Å². The first kappa shape index (κ1) is 14.5. The lowest BCUT2D eigenvalue weighted by Gasteiger charge is -2.19. The van der Waals surface area contributed by atoms with Gasteiger partial charge in [-0.1, -0.05) is 12.8 Å². The van der Waals surface area contributed by atoms with Gasteiger partial charge in [0.05, 0.1) is 17.1 Å². The van der Waals surface area contributed by atoms with Gasteiger partial charge in [-0.15, -0.1) is 6.42 Å². The van der Waals surface area contributed by atoms with Gasteiger partial charge in [-0.25, -0.2) is 12.8 Å². The molecule has 0 aliphatic rings. The fraction of sp³-hybridized carbons (Fsp3) is 0.333. The third-order valence-corrected chi connectivity index (χ3v) is 4.19. The van der Waals surface area contributed by atoms with Crippen molar-refractivity contribution < 1.29 is 12.8 Å². The monoisotopic (exact) mass is 270 g/mol. The van der Waals surface area contributed by atoms with Gasteiger partial charge in [0, 0.05) is 6.54 Å². The summed E-state index contributed by atoms with van der Waals surface area (Å²) in [7, 11) is -3.77. The SMILES string of the molecule is C#CCN(CCC)S(=O)(=O)c1ccc(N)c(F)c1. The Bertz CT molecular complexity index is 564. The van der Waals surface area contributed by atoms with Crippen molar-refractivity contribution in [3.05, 3.63) is 24.0 Å². The highest BCUT2D eigenvalue weighted by atomic mass is 32.2. The summed E-state index contributed by atoms with van der Waals surface area (Å²) in [6, 6.07) is 3.40. The van der Waals surface area contributed by atoms with Gasteiger partial charge < -0.3 is 5.73 Å². The topological polar surface area (TPSA) is 63.4 Å². The largest absolute Gasteiger partial charge is 0.396 e. The molecule has 0 radical (unpaired) electrons. The Labute approximate surface area is 107 Å². The van der Waals surface area contributed by atoms with Crippen LogP contribution >= 0.6 is 0 Å². The van der Waals surface area contributed by atoms with Gasteiger partial charge in [0.1, 0.15) is 5.82 Å². The van der Waals surface area contributed by atoms with Crippen molar-refractivity contribution in [3.8, 4) is 12.3 Å². The molecule has 18 heavy (non-hydrogen) atoms. The first-order valence-corrected chi connectivity index (χ1v) is 6.86. The summed E-state index contributed by atoms with van der Waals surface area (Å²) in [4.78, 5) is -0.141. The number of hydrogen-bond acceptors (Lipinski definition) is 3. The second-order valence-electron chi connectivity index (χ2n) is 3.73. The quantitative estimate of drug-likeness (QED) is 0.650. The lowest BCUT2D eigenvalue weighted by Crippen LogP contribution is -2.32. The van der Waals surface area contributed by atoms with Gasteiger partial charge in [-0.2, -0.15) is 4.31 Å². The number of nitrogens with zero attached hydrogens (tertiary/aromatic N) is 1. The van der Waals surface area contributed by atoms with Crippen molar-refractivity contribution in [3.63, 3.8) is 0 Å². The molecule has 0 aliphatic heterocycles. The van der Waals surface area contributed by atoms with E-state index in [1.165, 1.54) is 12.1 Å². The van der Waals surface area contributed by atoms with Gasteiger partial charge in [-0.3, -0.25) is 0 Å². The van der Waals surface area contributed by atoms with E-state index < -0.39 is 15.8 Å². The number of nitrogen functional groups attached to an aromatic ring is 1. The number of anilines is 1. The van der Waals surface area contributed by atoms with Crippen LogP contribution in [0.2, 0.25) is 0 Å². The highest BCUT2D eigenvalue weighted by Crippen LogP contribution is 2.20. The fourth-order valence-electron chi connectivity index (χ4n) is 1.45. The smallest absolute Gasteiger partial charge is 0.244 e. The molecule has 0 heterocycles. The van der Waals surface area contributed by atoms with Crippen molar-refractivity contribution in [2.75, 3.05) is 18.8 Å². The molecule has 0 spiro atoms. The normalized spacial score (nSPS) is 11.4. The Morgan fingerprint density at radius 3 is 2.67 bits per heavy atom.